The van der Waals surface area contributed by atoms with E-state index in [1.54, 1.807) is 0 Å². The highest BCUT2D eigenvalue weighted by molar-refractivity contribution is 7.17. The molecule has 134 valence electrons. The molecular formula is C20H21N3O2S. The van der Waals surface area contributed by atoms with E-state index in [-0.39, 0.29) is 5.91 Å². The summed E-state index contributed by atoms with van der Waals surface area (Å²) >= 11 is 1.51. The Morgan fingerprint density at radius 2 is 2.00 bits per heavy atom. The number of carbonyl (C=O) groups excluding carboxylic acids is 2. The molecule has 0 saturated heterocycles. The van der Waals surface area contributed by atoms with Gasteiger partial charge in [-0.05, 0) is 49.3 Å². The van der Waals surface area contributed by atoms with Crippen LogP contribution in [0, 0.1) is 0 Å². The molecule has 2 aromatic heterocycles. The fraction of sp³-hybridized carbons (Fsp3) is 0.300. The van der Waals surface area contributed by atoms with Crippen LogP contribution in [0.3, 0.4) is 0 Å². The number of amides is 2. The molecule has 0 saturated carbocycles. The van der Waals surface area contributed by atoms with Gasteiger partial charge in [-0.1, -0.05) is 18.2 Å². The monoisotopic (exact) mass is 367 g/mol. The average Bonchev–Trinajstić information content (AvgIpc) is 3.20. The zero-order valence-electron chi connectivity index (χ0n) is 14.4. The lowest BCUT2D eigenvalue weighted by Crippen LogP contribution is -2.18. The summed E-state index contributed by atoms with van der Waals surface area (Å²) in [6.45, 7) is 0. The van der Waals surface area contributed by atoms with Crippen molar-refractivity contribution in [2.24, 2.45) is 5.73 Å². The van der Waals surface area contributed by atoms with Crippen molar-refractivity contribution in [2.45, 2.75) is 38.5 Å². The number of benzene rings is 1. The molecule has 5 nitrogen and oxygen atoms in total. The molecule has 3 aromatic rings. The molecular weight excluding hydrogens is 346 g/mol. The van der Waals surface area contributed by atoms with Gasteiger partial charge in [0.1, 0.15) is 5.00 Å². The minimum Gasteiger partial charge on any atom is -0.365 e. The second-order valence-electron chi connectivity index (χ2n) is 6.69. The van der Waals surface area contributed by atoms with Crippen LogP contribution in [0.15, 0.2) is 30.5 Å². The van der Waals surface area contributed by atoms with Gasteiger partial charge < -0.3 is 16.0 Å². The van der Waals surface area contributed by atoms with Crippen molar-refractivity contribution in [1.29, 1.82) is 0 Å². The van der Waals surface area contributed by atoms with Crippen LogP contribution in [0.1, 0.15) is 45.6 Å². The van der Waals surface area contributed by atoms with E-state index in [9.17, 15) is 9.59 Å². The number of nitrogens with one attached hydrogen (secondary N) is 2. The molecule has 0 bridgehead atoms. The van der Waals surface area contributed by atoms with Crippen molar-refractivity contribution in [3.63, 3.8) is 0 Å². The van der Waals surface area contributed by atoms with Gasteiger partial charge >= 0.3 is 0 Å². The first kappa shape index (κ1) is 16.8. The Bertz CT molecular complexity index is 986. The second kappa shape index (κ2) is 6.96. The molecule has 6 heteroatoms. The Kier molecular flexibility index (Phi) is 4.51. The normalized spacial score (nSPS) is 13.5. The first-order valence-electron chi connectivity index (χ1n) is 8.92. The van der Waals surface area contributed by atoms with Gasteiger partial charge in [0.2, 0.25) is 5.91 Å². The first-order chi connectivity index (χ1) is 12.6. The lowest BCUT2D eigenvalue weighted by Gasteiger charge is -2.11. The number of hydrogen-bond acceptors (Lipinski definition) is 3. The molecule has 4 N–H and O–H groups in total. The van der Waals surface area contributed by atoms with Crippen LogP contribution in [0.25, 0.3) is 10.9 Å². The van der Waals surface area contributed by atoms with Crippen LogP contribution in [0.4, 0.5) is 5.00 Å². The average molecular weight is 367 g/mol. The first-order valence-corrected chi connectivity index (χ1v) is 9.74. The lowest BCUT2D eigenvalue weighted by molar-refractivity contribution is -0.116. The number of primary amides is 1. The number of rotatable bonds is 5. The quantitative estimate of drug-likeness (QED) is 0.641. The van der Waals surface area contributed by atoms with E-state index in [1.165, 1.54) is 16.2 Å². The Morgan fingerprint density at radius 1 is 1.19 bits per heavy atom. The van der Waals surface area contributed by atoms with Crippen molar-refractivity contribution >= 4 is 39.1 Å². The molecule has 0 radical (unpaired) electrons. The second-order valence-corrected chi connectivity index (χ2v) is 7.79. The van der Waals surface area contributed by atoms with Gasteiger partial charge in [0.25, 0.3) is 5.91 Å². The Balaban J connectivity index is 1.48. The molecule has 26 heavy (non-hydrogen) atoms. The standard InChI is InChI=1S/C20H21N3O2S/c21-19(25)18-14-6-2-4-8-16(14)26-20(18)23-17(24)10-9-12-11-22-15-7-3-1-5-13(12)15/h1,3,5,7,11,22H,2,4,6,8-10H2,(H2,21,25)(H,23,24). The molecule has 1 aliphatic rings. The van der Waals surface area contributed by atoms with Gasteiger partial charge in [-0.2, -0.15) is 0 Å². The summed E-state index contributed by atoms with van der Waals surface area (Å²) in [5.74, 6) is -0.535. The number of carbonyl (C=O) groups is 2. The van der Waals surface area contributed by atoms with Crippen molar-refractivity contribution in [2.75, 3.05) is 5.32 Å². The van der Waals surface area contributed by atoms with Crippen molar-refractivity contribution < 1.29 is 9.59 Å². The van der Waals surface area contributed by atoms with Crippen LogP contribution in [0.5, 0.6) is 0 Å². The largest absolute Gasteiger partial charge is 0.365 e. The third-order valence-corrected chi connectivity index (χ3v) is 6.17. The highest BCUT2D eigenvalue weighted by Crippen LogP contribution is 2.38. The molecule has 2 amide bonds. The number of fused-ring (bicyclic) bond motifs is 2. The molecule has 1 aromatic carbocycles. The summed E-state index contributed by atoms with van der Waals surface area (Å²) in [7, 11) is 0. The van der Waals surface area contributed by atoms with Gasteiger partial charge in [0, 0.05) is 28.4 Å². The molecule has 0 fully saturated rings. The lowest BCUT2D eigenvalue weighted by atomic mass is 9.95. The van der Waals surface area contributed by atoms with Crippen molar-refractivity contribution in [3.8, 4) is 0 Å². The van der Waals surface area contributed by atoms with E-state index in [0.29, 0.717) is 23.4 Å². The number of H-pyrrole nitrogens is 1. The SMILES string of the molecule is NC(=O)c1c(NC(=O)CCc2c[nH]c3ccccc23)sc2c1CCCC2. The number of aryl methyl sites for hydroxylation is 2. The molecule has 0 spiro atoms. The minimum atomic E-state index is -0.448. The molecule has 0 unspecified atom stereocenters. The van der Waals surface area contributed by atoms with E-state index in [4.69, 9.17) is 5.73 Å². The van der Waals surface area contributed by atoms with Crippen LogP contribution >= 0.6 is 11.3 Å². The third kappa shape index (κ3) is 3.12. The minimum absolute atomic E-state index is 0.0867. The summed E-state index contributed by atoms with van der Waals surface area (Å²) in [5, 5.41) is 4.69. The topological polar surface area (TPSA) is 88.0 Å². The Labute approximate surface area is 155 Å². The number of thiophene rings is 1. The van der Waals surface area contributed by atoms with Gasteiger partial charge in [-0.25, -0.2) is 0 Å². The predicted octanol–water partition coefficient (Wildman–Crippen LogP) is 3.78. The maximum absolute atomic E-state index is 12.5. The predicted molar refractivity (Wildman–Crippen MR) is 105 cm³/mol. The fourth-order valence-corrected chi connectivity index (χ4v) is 5.00. The van der Waals surface area contributed by atoms with E-state index in [0.717, 1.165) is 47.7 Å². The zero-order valence-corrected chi connectivity index (χ0v) is 15.2. The smallest absolute Gasteiger partial charge is 0.251 e. The van der Waals surface area contributed by atoms with E-state index < -0.39 is 5.91 Å². The number of hydrogen-bond donors (Lipinski definition) is 3. The van der Waals surface area contributed by atoms with Crippen LogP contribution in [0.2, 0.25) is 0 Å². The van der Waals surface area contributed by atoms with E-state index in [2.05, 4.69) is 16.4 Å². The number of anilines is 1. The summed E-state index contributed by atoms with van der Waals surface area (Å²) in [6.07, 6.45) is 6.99. The fourth-order valence-electron chi connectivity index (χ4n) is 3.69. The van der Waals surface area contributed by atoms with E-state index in [1.807, 2.05) is 24.4 Å². The van der Waals surface area contributed by atoms with Gasteiger partial charge in [-0.15, -0.1) is 11.3 Å². The molecule has 0 aliphatic heterocycles. The summed E-state index contributed by atoms with van der Waals surface area (Å²) < 4.78 is 0. The maximum atomic E-state index is 12.5. The van der Waals surface area contributed by atoms with Crippen LogP contribution < -0.4 is 11.1 Å². The molecule has 2 heterocycles. The van der Waals surface area contributed by atoms with Crippen molar-refractivity contribution in [3.05, 3.63) is 52.0 Å². The summed E-state index contributed by atoms with van der Waals surface area (Å²) in [5.41, 5.74) is 9.34. The Morgan fingerprint density at radius 3 is 2.85 bits per heavy atom. The van der Waals surface area contributed by atoms with Crippen LogP contribution in [-0.2, 0) is 24.1 Å². The van der Waals surface area contributed by atoms with Crippen LogP contribution in [-0.4, -0.2) is 16.8 Å². The Hall–Kier alpha value is -2.60. The maximum Gasteiger partial charge on any atom is 0.251 e. The van der Waals surface area contributed by atoms with E-state index >= 15 is 0 Å². The number of aromatic nitrogens is 1. The number of para-hydroxylation sites is 1. The molecule has 4 rings (SSSR count). The van der Waals surface area contributed by atoms with Crippen molar-refractivity contribution in [1.82, 2.24) is 4.98 Å². The summed E-state index contributed by atoms with van der Waals surface area (Å²) in [6, 6.07) is 8.06. The number of nitrogens with two attached hydrogens (primary N) is 1. The summed E-state index contributed by atoms with van der Waals surface area (Å²) in [4.78, 5) is 28.8. The highest BCUT2D eigenvalue weighted by atomic mass is 32.1. The van der Waals surface area contributed by atoms with Gasteiger partial charge in [-0.3, -0.25) is 9.59 Å². The van der Waals surface area contributed by atoms with Gasteiger partial charge in [0.15, 0.2) is 0 Å². The molecule has 1 aliphatic carbocycles. The highest BCUT2D eigenvalue weighted by Gasteiger charge is 2.24. The zero-order chi connectivity index (χ0) is 18.1. The van der Waals surface area contributed by atoms with Gasteiger partial charge in [0.05, 0.1) is 5.56 Å². The number of aromatic amines is 1. The molecule has 0 atom stereocenters. The third-order valence-electron chi connectivity index (χ3n) is 4.97.